The van der Waals surface area contributed by atoms with Crippen molar-refractivity contribution < 1.29 is 9.31 Å². The number of nitro benzene ring substituents is 1. The van der Waals surface area contributed by atoms with Crippen LogP contribution in [0.4, 0.5) is 21.5 Å². The lowest BCUT2D eigenvalue weighted by molar-refractivity contribution is -0.384. The highest BCUT2D eigenvalue weighted by atomic mass is 32.1. The third kappa shape index (κ3) is 3.96. The summed E-state index contributed by atoms with van der Waals surface area (Å²) in [7, 11) is 0. The first-order chi connectivity index (χ1) is 9.95. The molecule has 0 aromatic heterocycles. The van der Waals surface area contributed by atoms with Gasteiger partial charge in [0.05, 0.1) is 4.92 Å². The Balaban J connectivity index is 2.01. The molecule has 2 N–H and O–H groups in total. The number of aryl methyl sites for hydroxylation is 1. The summed E-state index contributed by atoms with van der Waals surface area (Å²) in [5.41, 5.74) is 1.68. The first kappa shape index (κ1) is 14.9. The number of hydrogen-bond acceptors (Lipinski definition) is 3. The lowest BCUT2D eigenvalue weighted by Crippen LogP contribution is -2.19. The van der Waals surface area contributed by atoms with Gasteiger partial charge in [-0.05, 0) is 49.0 Å². The van der Waals surface area contributed by atoms with Gasteiger partial charge in [0.1, 0.15) is 5.82 Å². The highest BCUT2D eigenvalue weighted by Gasteiger charge is 2.05. The Kier molecular flexibility index (Phi) is 4.44. The molecule has 0 fully saturated rings. The number of benzene rings is 2. The third-order valence-electron chi connectivity index (χ3n) is 2.77. The van der Waals surface area contributed by atoms with Gasteiger partial charge < -0.3 is 10.6 Å². The summed E-state index contributed by atoms with van der Waals surface area (Å²) >= 11 is 5.10. The molecule has 108 valence electrons. The minimum atomic E-state index is -0.477. The fraction of sp³-hybridized carbons (Fsp3) is 0.0714. The van der Waals surface area contributed by atoms with Crippen molar-refractivity contribution in [1.82, 2.24) is 0 Å². The predicted molar refractivity (Wildman–Crippen MR) is 84.1 cm³/mol. The van der Waals surface area contributed by atoms with Crippen molar-refractivity contribution in [3.63, 3.8) is 0 Å². The van der Waals surface area contributed by atoms with Gasteiger partial charge in [-0.25, -0.2) is 4.39 Å². The molecule has 0 aliphatic rings. The molecule has 7 heteroatoms. The zero-order valence-corrected chi connectivity index (χ0v) is 11.9. The zero-order valence-electron chi connectivity index (χ0n) is 11.1. The van der Waals surface area contributed by atoms with Crippen molar-refractivity contribution in [1.29, 1.82) is 0 Å². The molecule has 0 heterocycles. The highest BCUT2D eigenvalue weighted by molar-refractivity contribution is 7.80. The van der Waals surface area contributed by atoms with Gasteiger partial charge in [-0.1, -0.05) is 6.07 Å². The van der Waals surface area contributed by atoms with Gasteiger partial charge in [0, 0.05) is 23.5 Å². The van der Waals surface area contributed by atoms with Gasteiger partial charge in [-0.3, -0.25) is 10.1 Å². The van der Waals surface area contributed by atoms with Crippen molar-refractivity contribution in [3.8, 4) is 0 Å². The van der Waals surface area contributed by atoms with E-state index in [9.17, 15) is 14.5 Å². The van der Waals surface area contributed by atoms with Crippen LogP contribution in [0, 0.1) is 22.9 Å². The van der Waals surface area contributed by atoms with E-state index in [1.165, 1.54) is 18.2 Å². The average Bonchev–Trinajstić information content (AvgIpc) is 2.43. The number of nitro groups is 1. The van der Waals surface area contributed by atoms with Crippen LogP contribution >= 0.6 is 12.2 Å². The van der Waals surface area contributed by atoms with Crippen LogP contribution in [0.5, 0.6) is 0 Å². The summed E-state index contributed by atoms with van der Waals surface area (Å²) in [6, 6.07) is 10.5. The fourth-order valence-corrected chi connectivity index (χ4v) is 1.87. The van der Waals surface area contributed by atoms with E-state index in [-0.39, 0.29) is 16.6 Å². The quantitative estimate of drug-likeness (QED) is 0.512. The van der Waals surface area contributed by atoms with Gasteiger partial charge in [0.2, 0.25) is 0 Å². The molecule has 2 aromatic carbocycles. The van der Waals surface area contributed by atoms with E-state index >= 15 is 0 Å². The molecule has 0 saturated heterocycles. The first-order valence-corrected chi connectivity index (χ1v) is 6.45. The van der Waals surface area contributed by atoms with Crippen LogP contribution in [0.3, 0.4) is 0 Å². The van der Waals surface area contributed by atoms with Crippen molar-refractivity contribution in [3.05, 3.63) is 64.0 Å². The lowest BCUT2D eigenvalue weighted by atomic mass is 10.2. The Bertz CT molecular complexity index is 689. The molecule has 2 aromatic rings. The standard InChI is InChI=1S/C14H12FN3O2S/c1-9-2-3-11(8-13(9)15)17-14(21)16-10-4-6-12(7-5-10)18(19)20/h2-8H,1H3,(H2,16,17,21). The number of rotatable bonds is 3. The second-order valence-electron chi connectivity index (χ2n) is 4.35. The summed E-state index contributed by atoms with van der Waals surface area (Å²) in [6.07, 6.45) is 0. The van der Waals surface area contributed by atoms with E-state index in [4.69, 9.17) is 12.2 Å². The Morgan fingerprint density at radius 1 is 1.14 bits per heavy atom. The number of nitrogens with one attached hydrogen (secondary N) is 2. The number of halogens is 1. The Labute approximate surface area is 125 Å². The van der Waals surface area contributed by atoms with Crippen LogP contribution in [0.2, 0.25) is 0 Å². The van der Waals surface area contributed by atoms with E-state index in [0.29, 0.717) is 16.9 Å². The number of anilines is 2. The maximum absolute atomic E-state index is 13.4. The molecule has 0 atom stereocenters. The smallest absolute Gasteiger partial charge is 0.269 e. The molecule has 0 aliphatic carbocycles. The van der Waals surface area contributed by atoms with Gasteiger partial charge in [0.15, 0.2) is 5.11 Å². The van der Waals surface area contributed by atoms with Crippen molar-refractivity contribution in [2.75, 3.05) is 10.6 Å². The lowest BCUT2D eigenvalue weighted by Gasteiger charge is -2.11. The molecule has 0 spiro atoms. The molecule has 0 unspecified atom stereocenters. The summed E-state index contributed by atoms with van der Waals surface area (Å²) in [5, 5.41) is 16.5. The fourth-order valence-electron chi connectivity index (χ4n) is 1.63. The molecule has 0 amide bonds. The topological polar surface area (TPSA) is 67.2 Å². The van der Waals surface area contributed by atoms with E-state index in [1.807, 2.05) is 0 Å². The van der Waals surface area contributed by atoms with Gasteiger partial charge in [-0.15, -0.1) is 0 Å². The Morgan fingerprint density at radius 3 is 2.29 bits per heavy atom. The van der Waals surface area contributed by atoms with Crippen molar-refractivity contribution in [2.24, 2.45) is 0 Å². The zero-order chi connectivity index (χ0) is 15.4. The predicted octanol–water partition coefficient (Wildman–Crippen LogP) is 3.85. The molecule has 5 nitrogen and oxygen atoms in total. The third-order valence-corrected chi connectivity index (χ3v) is 2.97. The summed E-state index contributed by atoms with van der Waals surface area (Å²) in [6.45, 7) is 1.67. The second kappa shape index (κ2) is 6.27. The van der Waals surface area contributed by atoms with Crippen LogP contribution in [0.15, 0.2) is 42.5 Å². The van der Waals surface area contributed by atoms with Crippen LogP contribution < -0.4 is 10.6 Å². The SMILES string of the molecule is Cc1ccc(NC(=S)Nc2ccc([N+](=O)[O-])cc2)cc1F. The van der Waals surface area contributed by atoms with Crippen LogP contribution in [-0.4, -0.2) is 10.0 Å². The number of non-ortho nitro benzene ring substituents is 1. The Hall–Kier alpha value is -2.54. The molecule has 21 heavy (non-hydrogen) atoms. The number of hydrogen-bond donors (Lipinski definition) is 2. The van der Waals surface area contributed by atoms with E-state index in [0.717, 1.165) is 0 Å². The molecule has 0 radical (unpaired) electrons. The monoisotopic (exact) mass is 305 g/mol. The van der Waals surface area contributed by atoms with Crippen molar-refractivity contribution >= 4 is 34.4 Å². The molecule has 2 rings (SSSR count). The second-order valence-corrected chi connectivity index (χ2v) is 4.76. The minimum Gasteiger partial charge on any atom is -0.332 e. The normalized spacial score (nSPS) is 10.0. The van der Waals surface area contributed by atoms with E-state index in [2.05, 4.69) is 10.6 Å². The molecule has 0 bridgehead atoms. The Morgan fingerprint density at radius 2 is 1.71 bits per heavy atom. The molecule has 0 aliphatic heterocycles. The summed E-state index contributed by atoms with van der Waals surface area (Å²) < 4.78 is 13.4. The largest absolute Gasteiger partial charge is 0.332 e. The highest BCUT2D eigenvalue weighted by Crippen LogP contribution is 2.17. The maximum atomic E-state index is 13.4. The number of thiocarbonyl (C=S) groups is 1. The van der Waals surface area contributed by atoms with Gasteiger partial charge in [0.25, 0.3) is 5.69 Å². The van der Waals surface area contributed by atoms with Crippen molar-refractivity contribution in [2.45, 2.75) is 6.92 Å². The molecular weight excluding hydrogens is 293 g/mol. The van der Waals surface area contributed by atoms with Crippen LogP contribution in [0.1, 0.15) is 5.56 Å². The average molecular weight is 305 g/mol. The first-order valence-electron chi connectivity index (χ1n) is 6.04. The van der Waals surface area contributed by atoms with E-state index < -0.39 is 4.92 Å². The van der Waals surface area contributed by atoms with E-state index in [1.54, 1.807) is 31.2 Å². The minimum absolute atomic E-state index is 0.0000307. The molecule has 0 saturated carbocycles. The van der Waals surface area contributed by atoms with Crippen LogP contribution in [0.25, 0.3) is 0 Å². The summed E-state index contributed by atoms with van der Waals surface area (Å²) in [4.78, 5) is 10.1. The molecular formula is C14H12FN3O2S. The van der Waals surface area contributed by atoms with Gasteiger partial charge in [-0.2, -0.15) is 0 Å². The maximum Gasteiger partial charge on any atom is 0.269 e. The van der Waals surface area contributed by atoms with Crippen LogP contribution in [-0.2, 0) is 0 Å². The summed E-state index contributed by atoms with van der Waals surface area (Å²) in [5.74, 6) is -0.321. The number of nitrogens with zero attached hydrogens (tertiary/aromatic N) is 1. The van der Waals surface area contributed by atoms with Gasteiger partial charge >= 0.3 is 0 Å².